The normalized spacial score (nSPS) is 12.8. The summed E-state index contributed by atoms with van der Waals surface area (Å²) in [5.74, 6) is -2.19. The molecular formula is C15H17F3N4O5S. The van der Waals surface area contributed by atoms with Gasteiger partial charge in [-0.3, -0.25) is 9.59 Å². The predicted molar refractivity (Wildman–Crippen MR) is 89.2 cm³/mol. The fourth-order valence-electron chi connectivity index (χ4n) is 1.92. The third-order valence-corrected chi connectivity index (χ3v) is 4.10. The molecule has 28 heavy (non-hydrogen) atoms. The van der Waals surface area contributed by atoms with Gasteiger partial charge in [0.2, 0.25) is 11.8 Å². The van der Waals surface area contributed by atoms with Gasteiger partial charge in [0.25, 0.3) is 5.91 Å². The van der Waals surface area contributed by atoms with E-state index in [1.807, 2.05) is 13.8 Å². The van der Waals surface area contributed by atoms with Crippen LogP contribution in [0.2, 0.25) is 0 Å². The van der Waals surface area contributed by atoms with Gasteiger partial charge in [-0.25, -0.2) is 4.98 Å². The number of carbonyl (C=O) groups excluding carboxylic acids is 2. The highest BCUT2D eigenvalue weighted by Crippen LogP contribution is 2.25. The van der Waals surface area contributed by atoms with Gasteiger partial charge in [0.1, 0.15) is 12.6 Å². The quantitative estimate of drug-likeness (QED) is 0.363. The molecule has 0 radical (unpaired) electrons. The average Bonchev–Trinajstić information content (AvgIpc) is 2.57. The van der Waals surface area contributed by atoms with E-state index in [4.69, 9.17) is 5.26 Å². The first-order chi connectivity index (χ1) is 12.9. The molecule has 1 atom stereocenters. The van der Waals surface area contributed by atoms with Crippen LogP contribution in [0.5, 0.6) is 5.88 Å². The van der Waals surface area contributed by atoms with Gasteiger partial charge in [0.05, 0.1) is 11.6 Å². The minimum atomic E-state index is -5.88. The van der Waals surface area contributed by atoms with E-state index in [1.54, 1.807) is 6.07 Å². The van der Waals surface area contributed by atoms with Crippen molar-refractivity contribution in [3.8, 4) is 11.9 Å². The van der Waals surface area contributed by atoms with Crippen molar-refractivity contribution in [3.05, 3.63) is 23.9 Å². The van der Waals surface area contributed by atoms with Gasteiger partial charge in [0, 0.05) is 12.3 Å². The van der Waals surface area contributed by atoms with Gasteiger partial charge in [-0.15, -0.1) is 0 Å². The van der Waals surface area contributed by atoms with Gasteiger partial charge < -0.3 is 14.8 Å². The Hall–Kier alpha value is -2.88. The molecule has 1 aromatic heterocycles. The molecule has 0 saturated heterocycles. The molecule has 9 nitrogen and oxygen atoms in total. The van der Waals surface area contributed by atoms with Crippen molar-refractivity contribution >= 4 is 21.9 Å². The molecule has 0 aliphatic rings. The number of hydrogen-bond acceptors (Lipinski definition) is 7. The van der Waals surface area contributed by atoms with Crippen LogP contribution in [0.1, 0.15) is 30.6 Å². The van der Waals surface area contributed by atoms with Crippen LogP contribution >= 0.6 is 0 Å². The molecule has 2 amide bonds. The molecule has 1 aromatic rings. The smallest absolute Gasteiger partial charge is 0.355 e. The minimum absolute atomic E-state index is 0.0274. The Morgan fingerprint density at radius 1 is 1.32 bits per heavy atom. The van der Waals surface area contributed by atoms with Crippen molar-refractivity contribution in [2.24, 2.45) is 5.92 Å². The monoisotopic (exact) mass is 422 g/mol. The molecule has 2 N–H and O–H groups in total. The van der Waals surface area contributed by atoms with Crippen LogP contribution in [0.4, 0.5) is 13.2 Å². The van der Waals surface area contributed by atoms with Crippen molar-refractivity contribution in [2.75, 3.05) is 6.54 Å². The van der Waals surface area contributed by atoms with Crippen LogP contribution in [0, 0.1) is 17.2 Å². The fourth-order valence-corrected chi connectivity index (χ4v) is 2.34. The summed E-state index contributed by atoms with van der Waals surface area (Å²) in [7, 11) is -5.88. The van der Waals surface area contributed by atoms with Gasteiger partial charge in [-0.2, -0.15) is 26.9 Å². The molecule has 0 aromatic carbocycles. The van der Waals surface area contributed by atoms with Crippen LogP contribution in [-0.2, 0) is 14.9 Å². The van der Waals surface area contributed by atoms with Crippen LogP contribution < -0.4 is 14.8 Å². The third kappa shape index (κ3) is 6.69. The largest absolute Gasteiger partial charge is 0.534 e. The summed E-state index contributed by atoms with van der Waals surface area (Å²) in [6.45, 7) is 3.38. The summed E-state index contributed by atoms with van der Waals surface area (Å²) in [6.07, 6.45) is 1.07. The second-order valence-electron chi connectivity index (χ2n) is 5.90. The maximum Gasteiger partial charge on any atom is 0.534 e. The molecule has 0 unspecified atom stereocenters. The number of nitrogens with one attached hydrogen (secondary N) is 2. The lowest BCUT2D eigenvalue weighted by Gasteiger charge is -2.19. The Morgan fingerprint density at radius 2 is 1.96 bits per heavy atom. The zero-order valence-corrected chi connectivity index (χ0v) is 15.6. The highest BCUT2D eigenvalue weighted by molar-refractivity contribution is 7.87. The Kier molecular flexibility index (Phi) is 7.74. The highest BCUT2D eigenvalue weighted by Gasteiger charge is 2.48. The lowest BCUT2D eigenvalue weighted by molar-refractivity contribution is -0.123. The fraction of sp³-hybridized carbons (Fsp3) is 0.467. The van der Waals surface area contributed by atoms with E-state index in [0.717, 1.165) is 18.3 Å². The molecular weight excluding hydrogens is 405 g/mol. The molecule has 0 spiro atoms. The van der Waals surface area contributed by atoms with E-state index in [2.05, 4.69) is 19.8 Å². The van der Waals surface area contributed by atoms with Crippen molar-refractivity contribution in [2.45, 2.75) is 31.8 Å². The molecule has 1 rings (SSSR count). The standard InChI is InChI=1S/C15H17F3N4O5S/c1-9(2)7-11(14(24)20-6-5-19)22-13(23)10-3-4-12(21-8-10)27-28(25,26)15(16,17)18/h3-4,8-9,11H,6-7H2,1-2H3,(H,20,24)(H,22,23)/t11-/m0/s1. The number of rotatable bonds is 8. The summed E-state index contributed by atoms with van der Waals surface area (Å²) in [5.41, 5.74) is -5.76. The molecule has 13 heteroatoms. The molecule has 0 bridgehead atoms. The Labute approximate surface area is 159 Å². The number of carbonyl (C=O) groups is 2. The van der Waals surface area contributed by atoms with Crippen molar-refractivity contribution in [1.82, 2.24) is 15.6 Å². The molecule has 1 heterocycles. The van der Waals surface area contributed by atoms with Gasteiger partial charge >= 0.3 is 15.6 Å². The van der Waals surface area contributed by atoms with Crippen molar-refractivity contribution in [1.29, 1.82) is 5.26 Å². The Bertz CT molecular complexity index is 848. The maximum absolute atomic E-state index is 12.3. The second-order valence-corrected chi connectivity index (χ2v) is 7.44. The molecule has 0 aliphatic heterocycles. The topological polar surface area (TPSA) is 138 Å². The first-order valence-corrected chi connectivity index (χ1v) is 9.20. The van der Waals surface area contributed by atoms with E-state index in [0.29, 0.717) is 0 Å². The first kappa shape index (κ1) is 23.2. The van der Waals surface area contributed by atoms with E-state index in [-0.39, 0.29) is 24.4 Å². The summed E-state index contributed by atoms with van der Waals surface area (Å²) in [6, 6.07) is 2.53. The number of pyridine rings is 1. The van der Waals surface area contributed by atoms with E-state index in [1.165, 1.54) is 0 Å². The number of aromatic nitrogens is 1. The minimum Gasteiger partial charge on any atom is -0.355 e. The molecule has 0 saturated carbocycles. The van der Waals surface area contributed by atoms with Crippen molar-refractivity contribution < 1.29 is 35.4 Å². The third-order valence-electron chi connectivity index (χ3n) is 3.15. The summed E-state index contributed by atoms with van der Waals surface area (Å²) >= 11 is 0. The second kappa shape index (κ2) is 9.36. The van der Waals surface area contributed by atoms with Gasteiger partial charge in [-0.1, -0.05) is 13.8 Å². The van der Waals surface area contributed by atoms with Crippen molar-refractivity contribution in [3.63, 3.8) is 0 Å². The average molecular weight is 422 g/mol. The maximum atomic E-state index is 12.3. The molecule has 154 valence electrons. The number of hydrogen-bond donors (Lipinski definition) is 2. The molecule has 0 aliphatic carbocycles. The summed E-state index contributed by atoms with van der Waals surface area (Å²) in [4.78, 5) is 27.6. The number of amides is 2. The van der Waals surface area contributed by atoms with Gasteiger partial charge in [0.15, 0.2) is 0 Å². The van der Waals surface area contributed by atoms with E-state index < -0.39 is 39.4 Å². The SMILES string of the molecule is CC(C)C[C@H](NC(=O)c1ccc(OS(=O)(=O)C(F)(F)F)nc1)C(=O)NCC#N. The van der Waals surface area contributed by atoms with Crippen LogP contribution in [-0.4, -0.2) is 43.3 Å². The summed E-state index contributed by atoms with van der Waals surface area (Å²) < 4.78 is 62.5. The Balaban J connectivity index is 2.88. The lowest BCUT2D eigenvalue weighted by atomic mass is 10.0. The summed E-state index contributed by atoms with van der Waals surface area (Å²) in [5, 5.41) is 13.3. The van der Waals surface area contributed by atoms with E-state index >= 15 is 0 Å². The zero-order valence-electron chi connectivity index (χ0n) is 14.8. The Morgan fingerprint density at radius 3 is 2.43 bits per heavy atom. The van der Waals surface area contributed by atoms with E-state index in [9.17, 15) is 31.2 Å². The number of halogens is 3. The number of nitrogens with zero attached hydrogens (tertiary/aromatic N) is 2. The zero-order chi connectivity index (χ0) is 21.5. The lowest BCUT2D eigenvalue weighted by Crippen LogP contribution is -2.47. The highest BCUT2D eigenvalue weighted by atomic mass is 32.2. The van der Waals surface area contributed by atoms with Gasteiger partial charge in [-0.05, 0) is 18.4 Å². The first-order valence-electron chi connectivity index (χ1n) is 7.79. The number of alkyl halides is 3. The van der Waals surface area contributed by atoms with Crippen LogP contribution in [0.15, 0.2) is 18.3 Å². The van der Waals surface area contributed by atoms with Crippen LogP contribution in [0.25, 0.3) is 0 Å². The molecule has 0 fully saturated rings. The van der Waals surface area contributed by atoms with Crippen LogP contribution in [0.3, 0.4) is 0 Å². The predicted octanol–water partition coefficient (Wildman–Crippen LogP) is 1.09. The number of nitriles is 1.